The molecule has 0 atom stereocenters. The van der Waals surface area contributed by atoms with E-state index in [-0.39, 0.29) is 11.2 Å². The Morgan fingerprint density at radius 1 is 1.05 bits per heavy atom. The molecule has 0 bridgehead atoms. The maximum Gasteiger partial charge on any atom is 0.291 e. The van der Waals surface area contributed by atoms with Crippen molar-refractivity contribution >= 4 is 22.6 Å². The fraction of sp³-hybridized carbons (Fsp3) is 0.111. The van der Waals surface area contributed by atoms with Crippen LogP contribution in [0.25, 0.3) is 11.0 Å². The van der Waals surface area contributed by atoms with E-state index in [1.54, 1.807) is 24.3 Å². The van der Waals surface area contributed by atoms with E-state index in [1.165, 1.54) is 6.07 Å². The van der Waals surface area contributed by atoms with Crippen molar-refractivity contribution in [2.45, 2.75) is 13.8 Å². The zero-order valence-corrected chi connectivity index (χ0v) is 12.3. The van der Waals surface area contributed by atoms with Crippen LogP contribution in [-0.2, 0) is 0 Å². The summed E-state index contributed by atoms with van der Waals surface area (Å²) in [4.78, 5) is 24.4. The average molecular weight is 293 g/mol. The lowest BCUT2D eigenvalue weighted by Gasteiger charge is -2.10. The molecule has 2 aromatic carbocycles. The van der Waals surface area contributed by atoms with Crippen LogP contribution in [0.3, 0.4) is 0 Å². The minimum atomic E-state index is -0.434. The molecule has 1 heterocycles. The highest BCUT2D eigenvalue weighted by molar-refractivity contribution is 6.03. The lowest BCUT2D eigenvalue weighted by Crippen LogP contribution is -2.15. The van der Waals surface area contributed by atoms with E-state index in [0.717, 1.165) is 11.1 Å². The van der Waals surface area contributed by atoms with Gasteiger partial charge in [-0.2, -0.15) is 0 Å². The summed E-state index contributed by atoms with van der Waals surface area (Å²) in [5, 5.41) is 3.25. The zero-order valence-electron chi connectivity index (χ0n) is 12.3. The van der Waals surface area contributed by atoms with Crippen LogP contribution in [0.15, 0.2) is 57.7 Å². The number of carbonyl (C=O) groups excluding carboxylic acids is 1. The third-order valence-electron chi connectivity index (χ3n) is 3.71. The molecular formula is C18H15NO3. The van der Waals surface area contributed by atoms with Crippen LogP contribution >= 0.6 is 0 Å². The highest BCUT2D eigenvalue weighted by Gasteiger charge is 2.13. The summed E-state index contributed by atoms with van der Waals surface area (Å²) in [5.74, 6) is -0.429. The van der Waals surface area contributed by atoms with Crippen molar-refractivity contribution in [2.75, 3.05) is 5.32 Å². The van der Waals surface area contributed by atoms with Crippen molar-refractivity contribution < 1.29 is 9.21 Å². The maximum absolute atomic E-state index is 12.3. The summed E-state index contributed by atoms with van der Waals surface area (Å²) >= 11 is 0. The van der Waals surface area contributed by atoms with E-state index in [2.05, 4.69) is 5.32 Å². The summed E-state index contributed by atoms with van der Waals surface area (Å²) in [6.45, 7) is 3.91. The molecule has 110 valence electrons. The SMILES string of the molecule is Cc1cccc(NC(=O)c2cc(=O)c3ccccc3o2)c1C. The van der Waals surface area contributed by atoms with Crippen LogP contribution in [0.2, 0.25) is 0 Å². The minimum Gasteiger partial charge on any atom is -0.451 e. The normalized spacial score (nSPS) is 10.6. The average Bonchev–Trinajstić information content (AvgIpc) is 2.52. The van der Waals surface area contributed by atoms with Gasteiger partial charge in [0.1, 0.15) is 5.58 Å². The van der Waals surface area contributed by atoms with Crippen LogP contribution in [0, 0.1) is 13.8 Å². The van der Waals surface area contributed by atoms with Crippen LogP contribution < -0.4 is 10.7 Å². The van der Waals surface area contributed by atoms with Crippen LogP contribution in [-0.4, -0.2) is 5.91 Å². The smallest absolute Gasteiger partial charge is 0.291 e. The number of benzene rings is 2. The van der Waals surface area contributed by atoms with Crippen LogP contribution in [0.1, 0.15) is 21.7 Å². The molecule has 1 aromatic heterocycles. The van der Waals surface area contributed by atoms with Crippen molar-refractivity contribution in [3.05, 3.63) is 75.6 Å². The molecule has 0 fully saturated rings. The number of hydrogen-bond donors (Lipinski definition) is 1. The number of anilines is 1. The van der Waals surface area contributed by atoms with Gasteiger partial charge in [0.15, 0.2) is 11.2 Å². The van der Waals surface area contributed by atoms with Gasteiger partial charge in [0, 0.05) is 11.8 Å². The molecule has 3 aromatic rings. The number of nitrogens with one attached hydrogen (secondary N) is 1. The Balaban J connectivity index is 1.99. The van der Waals surface area contributed by atoms with Crippen molar-refractivity contribution in [2.24, 2.45) is 0 Å². The molecule has 1 amide bonds. The predicted molar refractivity (Wildman–Crippen MR) is 86.4 cm³/mol. The van der Waals surface area contributed by atoms with Crippen LogP contribution in [0.4, 0.5) is 5.69 Å². The number of amides is 1. The van der Waals surface area contributed by atoms with Gasteiger partial charge in [0.05, 0.1) is 5.39 Å². The first kappa shape index (κ1) is 14.1. The largest absolute Gasteiger partial charge is 0.451 e. The Labute approximate surface area is 127 Å². The fourth-order valence-electron chi connectivity index (χ4n) is 2.29. The molecule has 0 saturated heterocycles. The monoisotopic (exact) mass is 293 g/mol. The Morgan fingerprint density at radius 3 is 2.64 bits per heavy atom. The van der Waals surface area contributed by atoms with Crippen molar-refractivity contribution in [1.29, 1.82) is 0 Å². The van der Waals surface area contributed by atoms with E-state index >= 15 is 0 Å². The second-order valence-electron chi connectivity index (χ2n) is 5.17. The molecule has 0 spiro atoms. The molecule has 0 unspecified atom stereocenters. The number of carbonyl (C=O) groups is 1. The third-order valence-corrected chi connectivity index (χ3v) is 3.71. The minimum absolute atomic E-state index is 0.00426. The van der Waals surface area contributed by atoms with Gasteiger partial charge in [-0.25, -0.2) is 0 Å². The highest BCUT2D eigenvalue weighted by Crippen LogP contribution is 2.19. The molecular weight excluding hydrogens is 278 g/mol. The number of fused-ring (bicyclic) bond motifs is 1. The van der Waals surface area contributed by atoms with Gasteiger partial charge in [0.25, 0.3) is 5.91 Å². The first-order valence-electron chi connectivity index (χ1n) is 6.97. The van der Waals surface area contributed by atoms with E-state index in [4.69, 9.17) is 4.42 Å². The van der Waals surface area contributed by atoms with Gasteiger partial charge in [-0.15, -0.1) is 0 Å². The number of para-hydroxylation sites is 1. The van der Waals surface area contributed by atoms with Crippen molar-refractivity contribution in [1.82, 2.24) is 0 Å². The Kier molecular flexibility index (Phi) is 3.51. The third kappa shape index (κ3) is 2.51. The summed E-state index contributed by atoms with van der Waals surface area (Å²) in [7, 11) is 0. The molecule has 0 radical (unpaired) electrons. The van der Waals surface area contributed by atoms with E-state index < -0.39 is 5.91 Å². The molecule has 22 heavy (non-hydrogen) atoms. The quantitative estimate of drug-likeness (QED) is 0.784. The van der Waals surface area contributed by atoms with Gasteiger partial charge in [-0.3, -0.25) is 9.59 Å². The van der Waals surface area contributed by atoms with Gasteiger partial charge in [-0.1, -0.05) is 24.3 Å². The first-order valence-corrected chi connectivity index (χ1v) is 6.97. The number of aryl methyl sites for hydroxylation is 1. The molecule has 3 rings (SSSR count). The van der Waals surface area contributed by atoms with Crippen LogP contribution in [0.5, 0.6) is 0 Å². The number of rotatable bonds is 2. The Morgan fingerprint density at radius 2 is 1.82 bits per heavy atom. The molecule has 0 aliphatic carbocycles. The van der Waals surface area contributed by atoms with Gasteiger partial charge in [0.2, 0.25) is 0 Å². The standard InChI is InChI=1S/C18H15NO3/c1-11-6-5-8-14(12(11)2)19-18(21)17-10-15(20)13-7-3-4-9-16(13)22-17/h3-10H,1-2H3,(H,19,21). The summed E-state index contributed by atoms with van der Waals surface area (Å²) in [6, 6.07) is 13.8. The summed E-state index contributed by atoms with van der Waals surface area (Å²) in [6.07, 6.45) is 0. The van der Waals surface area contributed by atoms with Gasteiger partial charge in [-0.05, 0) is 43.2 Å². The number of hydrogen-bond acceptors (Lipinski definition) is 3. The first-order chi connectivity index (χ1) is 10.6. The molecule has 0 aliphatic rings. The lowest BCUT2D eigenvalue weighted by atomic mass is 10.1. The zero-order chi connectivity index (χ0) is 15.7. The van der Waals surface area contributed by atoms with Crippen molar-refractivity contribution in [3.8, 4) is 0 Å². The second kappa shape index (κ2) is 5.48. The molecule has 4 heteroatoms. The van der Waals surface area contributed by atoms with Gasteiger partial charge >= 0.3 is 0 Å². The maximum atomic E-state index is 12.3. The predicted octanol–water partition coefficient (Wildman–Crippen LogP) is 3.66. The highest BCUT2D eigenvalue weighted by atomic mass is 16.3. The van der Waals surface area contributed by atoms with Crippen molar-refractivity contribution in [3.63, 3.8) is 0 Å². The molecule has 0 aliphatic heterocycles. The summed E-state index contributed by atoms with van der Waals surface area (Å²) in [5.41, 5.74) is 2.95. The second-order valence-corrected chi connectivity index (χ2v) is 5.17. The van der Waals surface area contributed by atoms with E-state index in [0.29, 0.717) is 16.7 Å². The van der Waals surface area contributed by atoms with Gasteiger partial charge < -0.3 is 9.73 Å². The fourth-order valence-corrected chi connectivity index (χ4v) is 2.29. The Hall–Kier alpha value is -2.88. The molecule has 0 saturated carbocycles. The molecule has 4 nitrogen and oxygen atoms in total. The lowest BCUT2D eigenvalue weighted by molar-refractivity contribution is 0.0997. The Bertz CT molecular complexity index is 925. The topological polar surface area (TPSA) is 59.3 Å². The summed E-state index contributed by atoms with van der Waals surface area (Å²) < 4.78 is 5.53. The van der Waals surface area contributed by atoms with E-state index in [1.807, 2.05) is 32.0 Å². The molecule has 1 N–H and O–H groups in total. The van der Waals surface area contributed by atoms with E-state index in [9.17, 15) is 9.59 Å².